The summed E-state index contributed by atoms with van der Waals surface area (Å²) in [7, 11) is 1.25. The molecule has 0 bridgehead atoms. The molecule has 2 aromatic rings. The van der Waals surface area contributed by atoms with Gasteiger partial charge in [-0.1, -0.05) is 51.1 Å². The highest BCUT2D eigenvalue weighted by Gasteiger charge is 2.36. The molecule has 2 aromatic carbocycles. The summed E-state index contributed by atoms with van der Waals surface area (Å²) in [6, 6.07) is 15.8. The van der Waals surface area contributed by atoms with Crippen LogP contribution in [0.25, 0.3) is 0 Å². The molecule has 0 fully saturated rings. The Hall–Kier alpha value is -3.59. The van der Waals surface area contributed by atoms with Gasteiger partial charge in [0, 0.05) is 17.5 Å². The highest BCUT2D eigenvalue weighted by molar-refractivity contribution is 5.93. The molecular weight excluding hydrogens is 381 g/mol. The quantitative estimate of drug-likeness (QED) is 0.762. The number of ether oxygens (including phenoxy) is 1. The van der Waals surface area contributed by atoms with Gasteiger partial charge < -0.3 is 15.4 Å². The number of allylic oxidation sites excluding steroid dienone is 1. The summed E-state index contributed by atoms with van der Waals surface area (Å²) in [6.45, 7) is 6.33. The van der Waals surface area contributed by atoms with Gasteiger partial charge >= 0.3 is 5.97 Å². The third kappa shape index (κ3) is 3.79. The minimum absolute atomic E-state index is 0.0252. The Kier molecular flexibility index (Phi) is 5.66. The molecule has 6 heteroatoms. The second-order valence-corrected chi connectivity index (χ2v) is 8.11. The van der Waals surface area contributed by atoms with E-state index in [1.54, 1.807) is 17.0 Å². The Morgan fingerprint density at radius 2 is 1.80 bits per heavy atom. The second kappa shape index (κ2) is 8.03. The van der Waals surface area contributed by atoms with Crippen LogP contribution in [-0.4, -0.2) is 13.1 Å². The maximum absolute atomic E-state index is 14.6. The van der Waals surface area contributed by atoms with E-state index in [2.05, 4.69) is 26.8 Å². The molecule has 30 heavy (non-hydrogen) atoms. The van der Waals surface area contributed by atoms with Crippen LogP contribution in [-0.2, 0) is 14.9 Å². The lowest BCUT2D eigenvalue weighted by molar-refractivity contribution is -0.136. The molecule has 154 valence electrons. The number of esters is 1. The van der Waals surface area contributed by atoms with E-state index in [0.29, 0.717) is 5.69 Å². The van der Waals surface area contributed by atoms with Crippen molar-refractivity contribution in [1.29, 1.82) is 5.26 Å². The van der Waals surface area contributed by atoms with Gasteiger partial charge in [-0.15, -0.1) is 0 Å². The predicted octanol–water partition coefficient (Wildman–Crippen LogP) is 4.48. The van der Waals surface area contributed by atoms with Gasteiger partial charge in [-0.3, -0.25) is 0 Å². The minimum Gasteiger partial charge on any atom is -0.466 e. The molecular formula is C24H24FN3O2. The van der Waals surface area contributed by atoms with Crippen LogP contribution < -0.4 is 10.6 Å². The van der Waals surface area contributed by atoms with Gasteiger partial charge in [0.05, 0.1) is 30.2 Å². The van der Waals surface area contributed by atoms with E-state index in [1.165, 1.54) is 25.4 Å². The van der Waals surface area contributed by atoms with Crippen molar-refractivity contribution in [3.63, 3.8) is 0 Å². The normalized spacial score (nSPS) is 16.7. The first-order valence-electron chi connectivity index (χ1n) is 9.53. The first-order chi connectivity index (χ1) is 14.2. The summed E-state index contributed by atoms with van der Waals surface area (Å²) in [5.41, 5.74) is 8.53. The molecule has 0 saturated carbocycles. The van der Waals surface area contributed by atoms with Gasteiger partial charge in [0.15, 0.2) is 0 Å². The Labute approximate surface area is 175 Å². The molecule has 3 rings (SSSR count). The molecule has 0 spiro atoms. The molecule has 1 unspecified atom stereocenters. The van der Waals surface area contributed by atoms with Crippen LogP contribution in [0.4, 0.5) is 10.1 Å². The lowest BCUT2D eigenvalue weighted by Crippen LogP contribution is -2.33. The zero-order valence-electron chi connectivity index (χ0n) is 17.4. The second-order valence-electron chi connectivity index (χ2n) is 8.11. The number of methoxy groups -OCH3 is 1. The fourth-order valence-electron chi connectivity index (χ4n) is 3.49. The fourth-order valence-corrected chi connectivity index (χ4v) is 3.49. The number of carbonyl (C=O) groups excluding carboxylic acids is 1. The molecule has 0 aromatic heterocycles. The molecule has 1 aliphatic heterocycles. The number of anilines is 1. The summed E-state index contributed by atoms with van der Waals surface area (Å²) in [6.07, 6.45) is 1.52. The SMILES string of the molecule is COC(=O)C1=CN(c2ccc(C(C)(C)C)cc2)C(N)=C(C#N)C1c1ccccc1F. The average Bonchev–Trinajstić information content (AvgIpc) is 2.72. The fraction of sp³-hybridized carbons (Fsp3) is 0.250. The number of nitrogens with zero attached hydrogens (tertiary/aromatic N) is 2. The van der Waals surface area contributed by atoms with Gasteiger partial charge in [-0.05, 0) is 29.2 Å². The molecule has 0 aliphatic carbocycles. The molecule has 2 N–H and O–H groups in total. The third-order valence-electron chi connectivity index (χ3n) is 5.17. The van der Waals surface area contributed by atoms with Crippen LogP contribution in [0.1, 0.15) is 37.8 Å². The number of carbonyl (C=O) groups is 1. The van der Waals surface area contributed by atoms with Crippen molar-refractivity contribution in [2.45, 2.75) is 32.1 Å². The summed E-state index contributed by atoms with van der Waals surface area (Å²) >= 11 is 0. The van der Waals surface area contributed by atoms with Gasteiger partial charge in [0.25, 0.3) is 0 Å². The summed E-state index contributed by atoms with van der Waals surface area (Å²) in [4.78, 5) is 14.1. The Bertz CT molecular complexity index is 1070. The lowest BCUT2D eigenvalue weighted by atomic mass is 9.82. The zero-order chi connectivity index (χ0) is 22.1. The third-order valence-corrected chi connectivity index (χ3v) is 5.17. The van der Waals surface area contributed by atoms with Crippen LogP contribution in [0.2, 0.25) is 0 Å². The maximum atomic E-state index is 14.6. The number of halogens is 1. The van der Waals surface area contributed by atoms with Gasteiger partial charge in [-0.2, -0.15) is 5.26 Å². The number of nitrogens with two attached hydrogens (primary N) is 1. The number of hydrogen-bond acceptors (Lipinski definition) is 5. The van der Waals surface area contributed by atoms with Gasteiger partial charge in [0.1, 0.15) is 11.6 Å². The largest absolute Gasteiger partial charge is 0.466 e. The predicted molar refractivity (Wildman–Crippen MR) is 114 cm³/mol. The monoisotopic (exact) mass is 405 g/mol. The molecule has 5 nitrogen and oxygen atoms in total. The van der Waals surface area contributed by atoms with Crippen LogP contribution >= 0.6 is 0 Å². The van der Waals surface area contributed by atoms with Crippen molar-refractivity contribution in [2.24, 2.45) is 5.73 Å². The highest BCUT2D eigenvalue weighted by Crippen LogP contribution is 2.40. The zero-order valence-corrected chi connectivity index (χ0v) is 17.4. The Balaban J connectivity index is 2.16. The first kappa shape index (κ1) is 21.1. The topological polar surface area (TPSA) is 79.3 Å². The average molecular weight is 405 g/mol. The van der Waals surface area contributed by atoms with E-state index in [9.17, 15) is 14.4 Å². The van der Waals surface area contributed by atoms with E-state index in [1.807, 2.05) is 24.3 Å². The van der Waals surface area contributed by atoms with E-state index >= 15 is 0 Å². The van der Waals surface area contributed by atoms with E-state index < -0.39 is 17.7 Å². The van der Waals surface area contributed by atoms with Crippen molar-refractivity contribution in [3.8, 4) is 6.07 Å². The standard InChI is InChI=1S/C24H24FN3O2/c1-24(2,3)15-9-11-16(12-10-15)28-14-19(23(29)30-4)21(18(13-26)22(28)27)17-7-5-6-8-20(17)25/h5-12,14,21H,27H2,1-4H3. The van der Waals surface area contributed by atoms with E-state index in [0.717, 1.165) is 5.56 Å². The lowest BCUT2D eigenvalue weighted by Gasteiger charge is -2.32. The molecule has 0 radical (unpaired) electrons. The van der Waals surface area contributed by atoms with Crippen LogP contribution in [0.15, 0.2) is 71.7 Å². The summed E-state index contributed by atoms with van der Waals surface area (Å²) in [5, 5.41) is 9.86. The molecule has 0 amide bonds. The molecule has 0 saturated heterocycles. The van der Waals surface area contributed by atoms with E-state index in [-0.39, 0.29) is 27.9 Å². The Morgan fingerprint density at radius 3 is 2.33 bits per heavy atom. The van der Waals surface area contributed by atoms with Crippen LogP contribution in [0.5, 0.6) is 0 Å². The van der Waals surface area contributed by atoms with Crippen molar-refractivity contribution in [3.05, 3.63) is 88.6 Å². The molecule has 1 atom stereocenters. The number of hydrogen-bond donors (Lipinski definition) is 1. The first-order valence-corrected chi connectivity index (χ1v) is 9.53. The number of rotatable bonds is 3. The molecule has 1 aliphatic rings. The Morgan fingerprint density at radius 1 is 1.17 bits per heavy atom. The highest BCUT2D eigenvalue weighted by atomic mass is 19.1. The van der Waals surface area contributed by atoms with Crippen molar-refractivity contribution in [1.82, 2.24) is 0 Å². The smallest absolute Gasteiger partial charge is 0.336 e. The van der Waals surface area contributed by atoms with Crippen LogP contribution in [0, 0.1) is 17.1 Å². The summed E-state index contributed by atoms with van der Waals surface area (Å²) < 4.78 is 19.5. The van der Waals surface area contributed by atoms with Gasteiger partial charge in [-0.25, -0.2) is 9.18 Å². The minimum atomic E-state index is -0.950. The van der Waals surface area contributed by atoms with Gasteiger partial charge in [0.2, 0.25) is 0 Å². The molecule has 1 heterocycles. The van der Waals surface area contributed by atoms with Crippen molar-refractivity contribution >= 4 is 11.7 Å². The number of nitriles is 1. The van der Waals surface area contributed by atoms with Crippen molar-refractivity contribution < 1.29 is 13.9 Å². The van der Waals surface area contributed by atoms with E-state index in [4.69, 9.17) is 10.5 Å². The maximum Gasteiger partial charge on any atom is 0.336 e. The number of benzene rings is 2. The van der Waals surface area contributed by atoms with Crippen molar-refractivity contribution in [2.75, 3.05) is 12.0 Å². The van der Waals surface area contributed by atoms with Crippen LogP contribution in [0.3, 0.4) is 0 Å². The summed E-state index contributed by atoms with van der Waals surface area (Å²) in [5.74, 6) is -1.99.